The number of rotatable bonds is 3. The van der Waals surface area contributed by atoms with E-state index in [4.69, 9.17) is 0 Å². The van der Waals surface area contributed by atoms with Gasteiger partial charge in [-0.25, -0.2) is 0 Å². The molecule has 6 aromatic rings. The van der Waals surface area contributed by atoms with Crippen LogP contribution in [0.25, 0.3) is 66.4 Å². The number of benzene rings is 6. The van der Waals surface area contributed by atoms with Gasteiger partial charge >= 0.3 is 0 Å². The van der Waals surface area contributed by atoms with Gasteiger partial charge in [-0.15, -0.1) is 0 Å². The summed E-state index contributed by atoms with van der Waals surface area (Å²) in [5, 5.41) is 2.68. The molecule has 0 fully saturated rings. The molecule has 0 saturated carbocycles. The molecule has 0 aliphatic heterocycles. The largest absolute Gasteiger partial charge is 0.0622 e. The summed E-state index contributed by atoms with van der Waals surface area (Å²) < 4.78 is 0. The Labute approximate surface area is 206 Å². The lowest BCUT2D eigenvalue weighted by Crippen LogP contribution is -1.94. The smallest absolute Gasteiger partial charge is 0.00201 e. The van der Waals surface area contributed by atoms with Crippen LogP contribution in [0.4, 0.5) is 0 Å². The molecule has 0 spiro atoms. The maximum atomic E-state index is 2.34. The van der Waals surface area contributed by atoms with E-state index >= 15 is 0 Å². The maximum absolute atomic E-state index is 2.34. The predicted molar refractivity (Wildman–Crippen MR) is 149 cm³/mol. The molecular formula is C35H24. The molecule has 1 aliphatic rings. The van der Waals surface area contributed by atoms with Gasteiger partial charge in [0.15, 0.2) is 0 Å². The van der Waals surface area contributed by atoms with Crippen molar-refractivity contribution in [2.24, 2.45) is 0 Å². The average molecular weight is 445 g/mol. The Balaban J connectivity index is 1.61. The molecule has 0 heteroatoms. The first-order valence-corrected chi connectivity index (χ1v) is 12.2. The van der Waals surface area contributed by atoms with Crippen molar-refractivity contribution < 1.29 is 0 Å². The number of hydrogen-bond acceptors (Lipinski definition) is 0. The van der Waals surface area contributed by atoms with E-state index in [1.807, 2.05) is 0 Å². The molecule has 0 nitrogen and oxygen atoms in total. The first-order chi connectivity index (χ1) is 17.3. The molecule has 0 saturated heterocycles. The van der Waals surface area contributed by atoms with E-state index in [1.54, 1.807) is 0 Å². The summed E-state index contributed by atoms with van der Waals surface area (Å²) in [5.41, 5.74) is 14.2. The van der Waals surface area contributed by atoms with Crippen molar-refractivity contribution in [2.45, 2.75) is 6.92 Å². The fourth-order valence-electron chi connectivity index (χ4n) is 5.79. The average Bonchev–Trinajstić information content (AvgIpc) is 3.25. The lowest BCUT2D eigenvalue weighted by Gasteiger charge is -2.20. The third-order valence-corrected chi connectivity index (χ3v) is 7.27. The Morgan fingerprint density at radius 1 is 0.371 bits per heavy atom. The van der Waals surface area contributed by atoms with Crippen LogP contribution in [0.5, 0.6) is 0 Å². The quantitative estimate of drug-likeness (QED) is 0.254. The second kappa shape index (κ2) is 7.82. The van der Waals surface area contributed by atoms with Crippen LogP contribution < -0.4 is 0 Å². The van der Waals surface area contributed by atoms with Crippen LogP contribution in [0, 0.1) is 6.92 Å². The number of aryl methyl sites for hydroxylation is 1. The molecule has 0 atom stereocenters. The lowest BCUT2D eigenvalue weighted by atomic mass is 9.83. The predicted octanol–water partition coefficient (Wildman–Crippen LogP) is 9.80. The van der Waals surface area contributed by atoms with Crippen LogP contribution >= 0.6 is 0 Å². The van der Waals surface area contributed by atoms with Crippen molar-refractivity contribution in [3.05, 3.63) is 133 Å². The van der Waals surface area contributed by atoms with E-state index in [0.717, 1.165) is 0 Å². The van der Waals surface area contributed by atoms with Crippen molar-refractivity contribution >= 4 is 10.8 Å². The van der Waals surface area contributed by atoms with Gasteiger partial charge in [0.2, 0.25) is 0 Å². The maximum Gasteiger partial charge on any atom is -0.00201 e. The molecule has 0 radical (unpaired) electrons. The van der Waals surface area contributed by atoms with E-state index in [2.05, 4.69) is 134 Å². The molecule has 0 aromatic heterocycles. The molecule has 6 aromatic carbocycles. The van der Waals surface area contributed by atoms with Crippen molar-refractivity contribution in [2.75, 3.05) is 0 Å². The highest BCUT2D eigenvalue weighted by Crippen LogP contribution is 2.51. The molecule has 0 heterocycles. The highest BCUT2D eigenvalue weighted by atomic mass is 14.3. The third kappa shape index (κ3) is 3.07. The highest BCUT2D eigenvalue weighted by molar-refractivity contribution is 6.20. The second-order valence-electron chi connectivity index (χ2n) is 9.40. The van der Waals surface area contributed by atoms with Gasteiger partial charge in [-0.05, 0) is 78.9 Å². The molecule has 0 bridgehead atoms. The van der Waals surface area contributed by atoms with Crippen molar-refractivity contribution in [1.82, 2.24) is 0 Å². The van der Waals surface area contributed by atoms with Crippen LogP contribution in [0.2, 0.25) is 0 Å². The molecule has 0 unspecified atom stereocenters. The molecule has 7 rings (SSSR count). The summed E-state index contributed by atoms with van der Waals surface area (Å²) in [6, 6.07) is 46.5. The Morgan fingerprint density at radius 2 is 0.857 bits per heavy atom. The first-order valence-electron chi connectivity index (χ1n) is 12.2. The van der Waals surface area contributed by atoms with E-state index < -0.39 is 0 Å². The SMILES string of the molecule is Cc1cc(-c2ccccc2)c(-c2ccc3c4c(cccc24)-c2ccccc2-3)c(-c2ccccc2)c1. The van der Waals surface area contributed by atoms with E-state index in [-0.39, 0.29) is 0 Å². The Bertz CT molecular complexity index is 1630. The third-order valence-electron chi connectivity index (χ3n) is 7.27. The van der Waals surface area contributed by atoms with E-state index in [1.165, 1.54) is 72.0 Å². The molecule has 164 valence electrons. The highest BCUT2D eigenvalue weighted by Gasteiger charge is 2.24. The van der Waals surface area contributed by atoms with Crippen molar-refractivity contribution in [3.63, 3.8) is 0 Å². The fraction of sp³-hybridized carbons (Fsp3) is 0.0286. The molecule has 1 aliphatic carbocycles. The van der Waals surface area contributed by atoms with Gasteiger partial charge in [-0.1, -0.05) is 127 Å². The molecule has 0 N–H and O–H groups in total. The number of fused-ring (bicyclic) bond motifs is 3. The Morgan fingerprint density at radius 3 is 1.46 bits per heavy atom. The minimum atomic E-state index is 1.25. The van der Waals surface area contributed by atoms with Gasteiger partial charge in [0, 0.05) is 0 Å². The van der Waals surface area contributed by atoms with Gasteiger partial charge in [0.05, 0.1) is 0 Å². The summed E-state index contributed by atoms with van der Waals surface area (Å²) in [6.45, 7) is 2.20. The monoisotopic (exact) mass is 444 g/mol. The zero-order chi connectivity index (χ0) is 23.4. The Kier molecular flexibility index (Phi) is 4.47. The second-order valence-corrected chi connectivity index (χ2v) is 9.40. The van der Waals surface area contributed by atoms with Gasteiger partial charge in [-0.2, -0.15) is 0 Å². The zero-order valence-electron chi connectivity index (χ0n) is 19.6. The molecule has 35 heavy (non-hydrogen) atoms. The standard InChI is InChI=1S/C35H24/c1-23-21-32(24-11-4-2-5-12-24)35(33(22-23)25-13-6-3-7-14-25)31-20-19-30-27-16-9-8-15-26(27)28-17-10-18-29(31)34(28)30/h2-22H,1H3. The van der Waals surface area contributed by atoms with Crippen LogP contribution in [0.1, 0.15) is 5.56 Å². The van der Waals surface area contributed by atoms with Gasteiger partial charge in [0.1, 0.15) is 0 Å². The lowest BCUT2D eigenvalue weighted by molar-refractivity contribution is 1.46. The van der Waals surface area contributed by atoms with Crippen LogP contribution in [-0.4, -0.2) is 0 Å². The summed E-state index contributed by atoms with van der Waals surface area (Å²) in [4.78, 5) is 0. The summed E-state index contributed by atoms with van der Waals surface area (Å²) >= 11 is 0. The fourth-order valence-corrected chi connectivity index (χ4v) is 5.79. The van der Waals surface area contributed by atoms with E-state index in [0.29, 0.717) is 0 Å². The van der Waals surface area contributed by atoms with Crippen molar-refractivity contribution in [1.29, 1.82) is 0 Å². The molecular weight excluding hydrogens is 420 g/mol. The minimum Gasteiger partial charge on any atom is -0.0622 e. The summed E-state index contributed by atoms with van der Waals surface area (Å²) in [7, 11) is 0. The summed E-state index contributed by atoms with van der Waals surface area (Å²) in [5.74, 6) is 0. The molecule has 0 amide bonds. The normalized spacial score (nSPS) is 11.6. The van der Waals surface area contributed by atoms with Gasteiger partial charge in [0.25, 0.3) is 0 Å². The van der Waals surface area contributed by atoms with Gasteiger partial charge in [-0.3, -0.25) is 0 Å². The summed E-state index contributed by atoms with van der Waals surface area (Å²) in [6.07, 6.45) is 0. The Hall–Kier alpha value is -4.42. The van der Waals surface area contributed by atoms with Crippen LogP contribution in [-0.2, 0) is 0 Å². The van der Waals surface area contributed by atoms with Crippen molar-refractivity contribution in [3.8, 4) is 55.6 Å². The van der Waals surface area contributed by atoms with E-state index in [9.17, 15) is 0 Å². The van der Waals surface area contributed by atoms with Crippen LogP contribution in [0.15, 0.2) is 127 Å². The number of hydrogen-bond donors (Lipinski definition) is 0. The van der Waals surface area contributed by atoms with Gasteiger partial charge < -0.3 is 0 Å². The minimum absolute atomic E-state index is 1.25. The zero-order valence-corrected chi connectivity index (χ0v) is 19.6. The van der Waals surface area contributed by atoms with Crippen LogP contribution in [0.3, 0.4) is 0 Å². The first kappa shape index (κ1) is 20.0. The topological polar surface area (TPSA) is 0 Å².